The number of benzene rings is 1. The summed E-state index contributed by atoms with van der Waals surface area (Å²) in [6, 6.07) is 5.08. The van der Waals surface area contributed by atoms with Crippen molar-refractivity contribution in [3.63, 3.8) is 0 Å². The first kappa shape index (κ1) is 11.1. The zero-order chi connectivity index (χ0) is 12.4. The topological polar surface area (TPSA) is 91.9 Å². The van der Waals surface area contributed by atoms with Crippen LogP contribution in [0.15, 0.2) is 18.2 Å². The number of hydrogen-bond acceptors (Lipinski definition) is 5. The second kappa shape index (κ2) is 4.71. The molecule has 2 aromatic rings. The quantitative estimate of drug-likeness (QED) is 0.688. The van der Waals surface area contributed by atoms with Crippen LogP contribution in [0.1, 0.15) is 0 Å². The van der Waals surface area contributed by atoms with Gasteiger partial charge in [-0.15, -0.1) is 0 Å². The summed E-state index contributed by atoms with van der Waals surface area (Å²) >= 11 is 0. The summed E-state index contributed by atoms with van der Waals surface area (Å²) in [5, 5.41) is 16.4. The third-order valence-corrected chi connectivity index (χ3v) is 2.82. The van der Waals surface area contributed by atoms with E-state index < -0.39 is 0 Å². The van der Waals surface area contributed by atoms with E-state index in [1.54, 1.807) is 18.2 Å². The molecule has 2 heterocycles. The Morgan fingerprint density at radius 3 is 3.11 bits per heavy atom. The van der Waals surface area contributed by atoms with Crippen molar-refractivity contribution in [2.75, 3.05) is 25.1 Å². The monoisotopic (exact) mass is 247 g/mol. The Balaban J connectivity index is 1.72. The molecule has 94 valence electrons. The fourth-order valence-electron chi connectivity index (χ4n) is 1.88. The van der Waals surface area contributed by atoms with Gasteiger partial charge < -0.3 is 15.4 Å². The van der Waals surface area contributed by atoms with Crippen LogP contribution in [0.2, 0.25) is 0 Å². The Labute approximate surface area is 103 Å². The molecule has 0 saturated carbocycles. The van der Waals surface area contributed by atoms with E-state index in [-0.39, 0.29) is 11.9 Å². The van der Waals surface area contributed by atoms with Gasteiger partial charge >= 0.3 is 0 Å². The van der Waals surface area contributed by atoms with E-state index in [4.69, 9.17) is 4.74 Å². The van der Waals surface area contributed by atoms with Gasteiger partial charge in [-0.05, 0) is 18.2 Å². The highest BCUT2D eigenvalue weighted by Gasteiger charge is 2.21. The standard InChI is InChI=1S/C11H13N5O2/c17-11(10-6-18-4-3-12-10)13-7-1-2-8-9(5-7)15-16-14-8/h1-2,5,10,12H,3-4,6H2,(H,13,17)(H,14,15,16). The van der Waals surface area contributed by atoms with Crippen molar-refractivity contribution < 1.29 is 9.53 Å². The molecule has 1 unspecified atom stereocenters. The van der Waals surface area contributed by atoms with Crippen molar-refractivity contribution >= 4 is 22.6 Å². The number of aromatic amines is 1. The molecule has 1 aromatic carbocycles. The molecular formula is C11H13N5O2. The molecular weight excluding hydrogens is 234 g/mol. The maximum absolute atomic E-state index is 11.9. The number of amides is 1. The Hall–Kier alpha value is -1.99. The van der Waals surface area contributed by atoms with Crippen LogP contribution in [0.5, 0.6) is 0 Å². The van der Waals surface area contributed by atoms with Gasteiger partial charge in [0.2, 0.25) is 5.91 Å². The van der Waals surface area contributed by atoms with Crippen LogP contribution >= 0.6 is 0 Å². The Morgan fingerprint density at radius 1 is 1.39 bits per heavy atom. The van der Waals surface area contributed by atoms with E-state index in [1.807, 2.05) is 0 Å². The number of nitrogens with zero attached hydrogens (tertiary/aromatic N) is 2. The maximum Gasteiger partial charge on any atom is 0.243 e. The molecule has 0 aliphatic carbocycles. The smallest absolute Gasteiger partial charge is 0.243 e. The van der Waals surface area contributed by atoms with Crippen LogP contribution in [-0.4, -0.2) is 47.1 Å². The van der Waals surface area contributed by atoms with E-state index in [9.17, 15) is 4.79 Å². The minimum Gasteiger partial charge on any atom is -0.378 e. The van der Waals surface area contributed by atoms with Crippen LogP contribution in [0.3, 0.4) is 0 Å². The van der Waals surface area contributed by atoms with Crippen molar-refractivity contribution in [3.8, 4) is 0 Å². The predicted molar refractivity (Wildman–Crippen MR) is 65.1 cm³/mol. The molecule has 1 atom stereocenters. The molecule has 1 fully saturated rings. The summed E-state index contributed by atoms with van der Waals surface area (Å²) in [6.07, 6.45) is 0. The average Bonchev–Trinajstić information content (AvgIpc) is 2.87. The summed E-state index contributed by atoms with van der Waals surface area (Å²) in [6.45, 7) is 1.74. The van der Waals surface area contributed by atoms with E-state index in [1.165, 1.54) is 0 Å². The minimum absolute atomic E-state index is 0.0995. The Kier molecular flexibility index (Phi) is 2.91. The molecule has 0 bridgehead atoms. The number of morpholine rings is 1. The van der Waals surface area contributed by atoms with Gasteiger partial charge in [-0.3, -0.25) is 4.79 Å². The molecule has 1 saturated heterocycles. The fraction of sp³-hybridized carbons (Fsp3) is 0.364. The van der Waals surface area contributed by atoms with E-state index in [0.29, 0.717) is 25.4 Å². The molecule has 1 amide bonds. The van der Waals surface area contributed by atoms with Crippen LogP contribution in [-0.2, 0) is 9.53 Å². The first-order chi connectivity index (χ1) is 8.83. The fourth-order valence-corrected chi connectivity index (χ4v) is 1.88. The maximum atomic E-state index is 11.9. The number of carbonyl (C=O) groups is 1. The lowest BCUT2D eigenvalue weighted by Crippen LogP contribution is -2.48. The molecule has 1 aliphatic rings. The number of anilines is 1. The van der Waals surface area contributed by atoms with Gasteiger partial charge in [0.1, 0.15) is 17.1 Å². The van der Waals surface area contributed by atoms with Gasteiger partial charge in [-0.2, -0.15) is 15.4 Å². The van der Waals surface area contributed by atoms with Gasteiger partial charge in [0.05, 0.1) is 13.2 Å². The van der Waals surface area contributed by atoms with Crippen LogP contribution in [0.25, 0.3) is 11.0 Å². The number of carbonyl (C=O) groups excluding carboxylic acids is 1. The molecule has 7 heteroatoms. The normalized spacial score (nSPS) is 19.9. The number of fused-ring (bicyclic) bond motifs is 1. The summed E-state index contributed by atoms with van der Waals surface area (Å²) in [4.78, 5) is 11.9. The van der Waals surface area contributed by atoms with Crippen LogP contribution in [0.4, 0.5) is 5.69 Å². The molecule has 18 heavy (non-hydrogen) atoms. The number of rotatable bonds is 2. The first-order valence-corrected chi connectivity index (χ1v) is 5.75. The minimum atomic E-state index is -0.299. The molecule has 0 spiro atoms. The second-order valence-electron chi connectivity index (χ2n) is 4.10. The van der Waals surface area contributed by atoms with Gasteiger partial charge in [0.15, 0.2) is 0 Å². The first-order valence-electron chi connectivity index (χ1n) is 5.75. The zero-order valence-electron chi connectivity index (χ0n) is 9.64. The van der Waals surface area contributed by atoms with Crippen molar-refractivity contribution in [2.24, 2.45) is 0 Å². The van der Waals surface area contributed by atoms with Crippen molar-refractivity contribution in [2.45, 2.75) is 6.04 Å². The highest BCUT2D eigenvalue weighted by atomic mass is 16.5. The highest BCUT2D eigenvalue weighted by molar-refractivity contribution is 5.96. The largest absolute Gasteiger partial charge is 0.378 e. The molecule has 0 radical (unpaired) electrons. The third-order valence-electron chi connectivity index (χ3n) is 2.82. The van der Waals surface area contributed by atoms with E-state index in [2.05, 4.69) is 26.0 Å². The molecule has 7 nitrogen and oxygen atoms in total. The van der Waals surface area contributed by atoms with Crippen LogP contribution in [0, 0.1) is 0 Å². The van der Waals surface area contributed by atoms with Crippen molar-refractivity contribution in [3.05, 3.63) is 18.2 Å². The lowest BCUT2D eigenvalue weighted by atomic mass is 10.2. The van der Waals surface area contributed by atoms with Gasteiger partial charge in [0, 0.05) is 12.2 Å². The SMILES string of the molecule is O=C(Nc1ccc2n[nH]nc2c1)C1COCCN1. The molecule has 3 rings (SSSR count). The lowest BCUT2D eigenvalue weighted by molar-refractivity contribution is -0.120. The average molecular weight is 247 g/mol. The summed E-state index contributed by atoms with van der Waals surface area (Å²) in [5.41, 5.74) is 2.20. The number of hydrogen-bond donors (Lipinski definition) is 3. The van der Waals surface area contributed by atoms with Gasteiger partial charge in [0.25, 0.3) is 0 Å². The van der Waals surface area contributed by atoms with Crippen molar-refractivity contribution in [1.82, 2.24) is 20.7 Å². The summed E-state index contributed by atoms with van der Waals surface area (Å²) < 4.78 is 5.25. The molecule has 1 aromatic heterocycles. The number of ether oxygens (including phenoxy) is 1. The molecule has 3 N–H and O–H groups in total. The number of nitrogens with one attached hydrogen (secondary N) is 3. The van der Waals surface area contributed by atoms with Gasteiger partial charge in [-0.1, -0.05) is 0 Å². The Bertz CT molecular complexity index is 561. The van der Waals surface area contributed by atoms with Crippen LogP contribution < -0.4 is 10.6 Å². The summed E-state index contributed by atoms with van der Waals surface area (Å²) in [5.74, 6) is -0.0995. The summed E-state index contributed by atoms with van der Waals surface area (Å²) in [7, 11) is 0. The number of aromatic nitrogens is 3. The number of H-pyrrole nitrogens is 1. The molecule has 1 aliphatic heterocycles. The second-order valence-corrected chi connectivity index (χ2v) is 4.10. The van der Waals surface area contributed by atoms with E-state index in [0.717, 1.165) is 11.0 Å². The van der Waals surface area contributed by atoms with E-state index >= 15 is 0 Å². The van der Waals surface area contributed by atoms with Gasteiger partial charge in [-0.25, -0.2) is 0 Å². The highest BCUT2D eigenvalue weighted by Crippen LogP contribution is 2.15. The zero-order valence-corrected chi connectivity index (χ0v) is 9.64. The van der Waals surface area contributed by atoms with Crippen molar-refractivity contribution in [1.29, 1.82) is 0 Å². The lowest BCUT2D eigenvalue weighted by Gasteiger charge is -2.22. The third kappa shape index (κ3) is 2.18. The Morgan fingerprint density at radius 2 is 2.28 bits per heavy atom. The predicted octanol–water partition coefficient (Wildman–Crippen LogP) is -0.115.